The molecule has 1 aliphatic heterocycles. The van der Waals surface area contributed by atoms with E-state index in [-0.39, 0.29) is 11.9 Å². The lowest BCUT2D eigenvalue weighted by atomic mass is 10.0. The zero-order valence-corrected chi connectivity index (χ0v) is 15.0. The van der Waals surface area contributed by atoms with Crippen molar-refractivity contribution < 1.29 is 9.53 Å². The van der Waals surface area contributed by atoms with Crippen LogP contribution in [-0.2, 0) is 6.54 Å². The second kappa shape index (κ2) is 6.71. The van der Waals surface area contributed by atoms with Crippen molar-refractivity contribution in [3.05, 3.63) is 52.8 Å². The van der Waals surface area contributed by atoms with Gasteiger partial charge < -0.3 is 14.2 Å². The average molecular weight is 326 g/mol. The summed E-state index contributed by atoms with van der Waals surface area (Å²) in [7, 11) is 1.68. The number of rotatable bonds is 4. The Morgan fingerprint density at radius 3 is 2.75 bits per heavy atom. The standard InChI is InChI=1S/C20H26N2O2/c1-5-21-14(2)12-18(15(21)3)20(23)22-11-7-10-19(22)16-8-6-9-17(13-16)24-4/h6,8-9,12-13,19H,5,7,10-11H2,1-4H3/t19-/m1/s1. The number of methoxy groups -OCH3 is 1. The number of likely N-dealkylation sites (tertiary alicyclic amines) is 1. The van der Waals surface area contributed by atoms with Crippen LogP contribution in [0.2, 0.25) is 0 Å². The summed E-state index contributed by atoms with van der Waals surface area (Å²) >= 11 is 0. The fourth-order valence-corrected chi connectivity index (χ4v) is 3.86. The van der Waals surface area contributed by atoms with Crippen LogP contribution >= 0.6 is 0 Å². The maximum Gasteiger partial charge on any atom is 0.256 e. The van der Waals surface area contributed by atoms with Crippen LogP contribution in [0.5, 0.6) is 5.75 Å². The van der Waals surface area contributed by atoms with Gasteiger partial charge in [0.2, 0.25) is 0 Å². The van der Waals surface area contributed by atoms with Crippen LogP contribution in [-0.4, -0.2) is 29.0 Å². The third-order valence-electron chi connectivity index (χ3n) is 5.11. The van der Waals surface area contributed by atoms with Crippen molar-refractivity contribution in [2.24, 2.45) is 0 Å². The first-order valence-electron chi connectivity index (χ1n) is 8.68. The van der Waals surface area contributed by atoms with Crippen LogP contribution in [0.4, 0.5) is 0 Å². The van der Waals surface area contributed by atoms with Crippen LogP contribution in [0.3, 0.4) is 0 Å². The number of carbonyl (C=O) groups excluding carboxylic acids is 1. The molecule has 1 saturated heterocycles. The number of aryl methyl sites for hydroxylation is 1. The normalized spacial score (nSPS) is 17.3. The van der Waals surface area contributed by atoms with Gasteiger partial charge in [0, 0.05) is 24.5 Å². The number of benzene rings is 1. The largest absolute Gasteiger partial charge is 0.497 e. The zero-order chi connectivity index (χ0) is 17.3. The molecule has 1 aliphatic rings. The molecule has 1 atom stereocenters. The summed E-state index contributed by atoms with van der Waals surface area (Å²) in [6, 6.07) is 10.2. The Morgan fingerprint density at radius 2 is 2.08 bits per heavy atom. The molecule has 1 aromatic carbocycles. The molecular formula is C20H26N2O2. The van der Waals surface area contributed by atoms with Crippen LogP contribution < -0.4 is 4.74 Å². The molecule has 2 aromatic rings. The average Bonchev–Trinajstić information content (AvgIpc) is 3.19. The van der Waals surface area contributed by atoms with Crippen molar-refractivity contribution in [1.82, 2.24) is 9.47 Å². The predicted molar refractivity (Wildman–Crippen MR) is 95.6 cm³/mol. The van der Waals surface area contributed by atoms with Gasteiger partial charge in [-0.25, -0.2) is 0 Å². The Hall–Kier alpha value is -2.23. The lowest BCUT2D eigenvalue weighted by Gasteiger charge is -2.25. The van der Waals surface area contributed by atoms with E-state index in [9.17, 15) is 4.79 Å². The molecule has 0 N–H and O–H groups in total. The third kappa shape index (κ3) is 2.81. The van der Waals surface area contributed by atoms with E-state index in [0.29, 0.717) is 0 Å². The molecule has 0 aliphatic carbocycles. The van der Waals surface area contributed by atoms with Gasteiger partial charge in [0.1, 0.15) is 5.75 Å². The Balaban J connectivity index is 1.91. The van der Waals surface area contributed by atoms with Gasteiger partial charge in [0.25, 0.3) is 5.91 Å². The van der Waals surface area contributed by atoms with E-state index >= 15 is 0 Å². The number of hydrogen-bond donors (Lipinski definition) is 0. The van der Waals surface area contributed by atoms with Crippen LogP contribution in [0.15, 0.2) is 30.3 Å². The summed E-state index contributed by atoms with van der Waals surface area (Å²) in [6.07, 6.45) is 2.05. The van der Waals surface area contributed by atoms with Crippen molar-refractivity contribution in [2.75, 3.05) is 13.7 Å². The van der Waals surface area contributed by atoms with Crippen molar-refractivity contribution >= 4 is 5.91 Å². The summed E-state index contributed by atoms with van der Waals surface area (Å²) < 4.78 is 7.54. The minimum Gasteiger partial charge on any atom is -0.497 e. The highest BCUT2D eigenvalue weighted by molar-refractivity contribution is 5.96. The second-order valence-corrected chi connectivity index (χ2v) is 6.46. The number of amides is 1. The summed E-state index contributed by atoms with van der Waals surface area (Å²) in [5.74, 6) is 0.990. The number of nitrogens with zero attached hydrogens (tertiary/aromatic N) is 2. The summed E-state index contributed by atoms with van der Waals surface area (Å²) in [5, 5.41) is 0. The highest BCUT2D eigenvalue weighted by atomic mass is 16.5. The van der Waals surface area contributed by atoms with Crippen LogP contribution in [0.1, 0.15) is 53.1 Å². The van der Waals surface area contributed by atoms with E-state index in [1.807, 2.05) is 36.1 Å². The van der Waals surface area contributed by atoms with Gasteiger partial charge in [-0.15, -0.1) is 0 Å². The molecule has 0 bridgehead atoms. The fourth-order valence-electron chi connectivity index (χ4n) is 3.86. The van der Waals surface area contributed by atoms with Crippen molar-refractivity contribution in [3.63, 3.8) is 0 Å². The van der Waals surface area contributed by atoms with Gasteiger partial charge in [0.05, 0.1) is 18.7 Å². The first-order chi connectivity index (χ1) is 11.6. The smallest absolute Gasteiger partial charge is 0.256 e. The lowest BCUT2D eigenvalue weighted by Crippen LogP contribution is -2.30. The highest BCUT2D eigenvalue weighted by Gasteiger charge is 2.32. The van der Waals surface area contributed by atoms with E-state index in [0.717, 1.165) is 54.2 Å². The fraction of sp³-hybridized carbons (Fsp3) is 0.450. The summed E-state index contributed by atoms with van der Waals surface area (Å²) in [5.41, 5.74) is 4.21. The topological polar surface area (TPSA) is 34.5 Å². The Bertz CT molecular complexity index is 748. The molecule has 24 heavy (non-hydrogen) atoms. The molecule has 3 rings (SSSR count). The summed E-state index contributed by atoms with van der Waals surface area (Å²) in [4.78, 5) is 15.2. The minimum atomic E-state index is 0.136. The maximum absolute atomic E-state index is 13.2. The number of aromatic nitrogens is 1. The van der Waals surface area contributed by atoms with Gasteiger partial charge in [-0.05, 0) is 57.4 Å². The van der Waals surface area contributed by atoms with E-state index in [4.69, 9.17) is 4.74 Å². The molecule has 1 aromatic heterocycles. The highest BCUT2D eigenvalue weighted by Crippen LogP contribution is 2.35. The van der Waals surface area contributed by atoms with Crippen molar-refractivity contribution in [3.8, 4) is 5.75 Å². The molecule has 128 valence electrons. The second-order valence-electron chi connectivity index (χ2n) is 6.46. The van der Waals surface area contributed by atoms with Gasteiger partial charge in [-0.2, -0.15) is 0 Å². The molecular weight excluding hydrogens is 300 g/mol. The third-order valence-corrected chi connectivity index (χ3v) is 5.11. The number of ether oxygens (including phenoxy) is 1. The van der Waals surface area contributed by atoms with E-state index in [1.165, 1.54) is 0 Å². The molecule has 0 unspecified atom stereocenters. The zero-order valence-electron chi connectivity index (χ0n) is 15.0. The SMILES string of the molecule is CCn1c(C)cc(C(=O)N2CCC[C@@H]2c2cccc(OC)c2)c1C. The van der Waals surface area contributed by atoms with Crippen molar-refractivity contribution in [1.29, 1.82) is 0 Å². The lowest BCUT2D eigenvalue weighted by molar-refractivity contribution is 0.0734. The Morgan fingerprint density at radius 1 is 1.29 bits per heavy atom. The van der Waals surface area contributed by atoms with E-state index < -0.39 is 0 Å². The van der Waals surface area contributed by atoms with Gasteiger partial charge in [-0.1, -0.05) is 12.1 Å². The Kier molecular flexibility index (Phi) is 4.65. The van der Waals surface area contributed by atoms with E-state index in [1.54, 1.807) is 7.11 Å². The molecule has 2 heterocycles. The van der Waals surface area contributed by atoms with E-state index in [2.05, 4.69) is 24.5 Å². The molecule has 4 heteroatoms. The molecule has 4 nitrogen and oxygen atoms in total. The number of carbonyl (C=O) groups is 1. The predicted octanol–water partition coefficient (Wildman–Crippen LogP) is 4.11. The molecule has 0 spiro atoms. The molecule has 1 amide bonds. The minimum absolute atomic E-state index is 0.136. The first-order valence-corrected chi connectivity index (χ1v) is 8.68. The van der Waals surface area contributed by atoms with Crippen LogP contribution in [0, 0.1) is 13.8 Å². The molecule has 0 radical (unpaired) electrons. The first kappa shape index (κ1) is 16.6. The van der Waals surface area contributed by atoms with Crippen LogP contribution in [0.25, 0.3) is 0 Å². The quantitative estimate of drug-likeness (QED) is 0.847. The Labute approximate surface area is 144 Å². The number of hydrogen-bond acceptors (Lipinski definition) is 2. The molecule has 0 saturated carbocycles. The van der Waals surface area contributed by atoms with Gasteiger partial charge >= 0.3 is 0 Å². The van der Waals surface area contributed by atoms with Gasteiger partial charge in [0.15, 0.2) is 0 Å². The van der Waals surface area contributed by atoms with Gasteiger partial charge in [-0.3, -0.25) is 4.79 Å². The summed E-state index contributed by atoms with van der Waals surface area (Å²) in [6.45, 7) is 7.93. The monoisotopic (exact) mass is 326 g/mol. The maximum atomic E-state index is 13.2. The van der Waals surface area contributed by atoms with Crippen molar-refractivity contribution in [2.45, 2.75) is 46.2 Å². The molecule has 1 fully saturated rings.